The Hall–Kier alpha value is -1.22. The predicted octanol–water partition coefficient (Wildman–Crippen LogP) is 3.48. The average Bonchev–Trinajstić information content (AvgIpc) is 3.09. The summed E-state index contributed by atoms with van der Waals surface area (Å²) in [4.78, 5) is 12.4. The number of amides is 1. The molecule has 0 saturated heterocycles. The summed E-state index contributed by atoms with van der Waals surface area (Å²) in [6.07, 6.45) is 6.64. The number of hydrogen-bond donors (Lipinski definition) is 2. The van der Waals surface area contributed by atoms with Crippen molar-refractivity contribution in [3.8, 4) is 0 Å². The van der Waals surface area contributed by atoms with Crippen molar-refractivity contribution in [2.24, 2.45) is 23.7 Å². The monoisotopic (exact) mass is 304 g/mol. The Morgan fingerprint density at radius 1 is 1.14 bits per heavy atom. The van der Waals surface area contributed by atoms with Crippen LogP contribution in [0.15, 0.2) is 18.2 Å². The van der Waals surface area contributed by atoms with Crippen LogP contribution in [0.2, 0.25) is 5.02 Å². The van der Waals surface area contributed by atoms with Crippen LogP contribution in [0.25, 0.3) is 0 Å². The number of anilines is 1. The molecule has 3 nitrogen and oxygen atoms in total. The van der Waals surface area contributed by atoms with Crippen LogP contribution in [0, 0.1) is 23.7 Å². The highest BCUT2D eigenvalue weighted by Gasteiger charge is 2.54. The van der Waals surface area contributed by atoms with Gasteiger partial charge in [-0.25, -0.2) is 0 Å². The van der Waals surface area contributed by atoms with Gasteiger partial charge in [-0.05, 0) is 67.6 Å². The molecule has 0 radical (unpaired) electrons. The zero-order valence-corrected chi connectivity index (χ0v) is 12.8. The summed E-state index contributed by atoms with van der Waals surface area (Å²) < 4.78 is 0. The van der Waals surface area contributed by atoms with Crippen molar-refractivity contribution in [3.05, 3.63) is 28.8 Å². The molecule has 5 unspecified atom stereocenters. The van der Waals surface area contributed by atoms with Crippen molar-refractivity contribution in [1.29, 1.82) is 0 Å². The molecule has 0 aromatic heterocycles. The van der Waals surface area contributed by atoms with Crippen LogP contribution in [0.3, 0.4) is 0 Å². The number of halogens is 1. The maximum Gasteiger partial charge on any atom is 0.251 e. The molecule has 0 heterocycles. The van der Waals surface area contributed by atoms with E-state index in [0.29, 0.717) is 28.2 Å². The van der Waals surface area contributed by atoms with Crippen LogP contribution in [-0.2, 0) is 0 Å². The molecule has 3 N–H and O–H groups in total. The first-order valence-corrected chi connectivity index (χ1v) is 8.36. The number of nitrogens with one attached hydrogen (secondary N) is 1. The highest BCUT2D eigenvalue weighted by atomic mass is 35.5. The SMILES string of the molecule is Nc1cc(Cl)cc(C(=O)NC2CC3CC2C2CCCC32)c1. The second kappa shape index (κ2) is 4.91. The second-order valence-electron chi connectivity index (χ2n) is 7.01. The van der Waals surface area contributed by atoms with E-state index in [4.69, 9.17) is 17.3 Å². The maximum atomic E-state index is 12.4. The number of nitrogen functional groups attached to an aromatic ring is 1. The summed E-state index contributed by atoms with van der Waals surface area (Å²) in [5.41, 5.74) is 6.88. The summed E-state index contributed by atoms with van der Waals surface area (Å²) in [6.45, 7) is 0. The van der Waals surface area contributed by atoms with Gasteiger partial charge in [0.1, 0.15) is 0 Å². The van der Waals surface area contributed by atoms with E-state index in [1.807, 2.05) is 0 Å². The normalized spacial score (nSPS) is 36.7. The Morgan fingerprint density at radius 2 is 1.95 bits per heavy atom. The lowest BCUT2D eigenvalue weighted by molar-refractivity contribution is 0.0901. The van der Waals surface area contributed by atoms with Crippen molar-refractivity contribution < 1.29 is 4.79 Å². The first-order valence-electron chi connectivity index (χ1n) is 7.99. The number of hydrogen-bond acceptors (Lipinski definition) is 2. The van der Waals surface area contributed by atoms with Gasteiger partial charge in [0.15, 0.2) is 0 Å². The minimum atomic E-state index is -0.0312. The zero-order valence-electron chi connectivity index (χ0n) is 12.0. The van der Waals surface area contributed by atoms with E-state index in [1.54, 1.807) is 18.2 Å². The van der Waals surface area contributed by atoms with E-state index < -0.39 is 0 Å². The molecule has 3 aliphatic rings. The highest BCUT2D eigenvalue weighted by Crippen LogP contribution is 2.58. The molecule has 21 heavy (non-hydrogen) atoms. The number of carbonyl (C=O) groups excluding carboxylic acids is 1. The lowest BCUT2D eigenvalue weighted by Crippen LogP contribution is -2.42. The lowest BCUT2D eigenvalue weighted by Gasteiger charge is -2.32. The molecular formula is C17H21ClN2O. The van der Waals surface area contributed by atoms with Gasteiger partial charge in [0.05, 0.1) is 0 Å². The van der Waals surface area contributed by atoms with Crippen LogP contribution in [-0.4, -0.2) is 11.9 Å². The quantitative estimate of drug-likeness (QED) is 0.822. The topological polar surface area (TPSA) is 55.1 Å². The Morgan fingerprint density at radius 3 is 2.76 bits per heavy atom. The number of nitrogens with two attached hydrogens (primary N) is 1. The molecule has 1 aromatic rings. The Balaban J connectivity index is 1.48. The molecule has 0 spiro atoms. The van der Waals surface area contributed by atoms with Gasteiger partial charge in [0.25, 0.3) is 5.91 Å². The van der Waals surface area contributed by atoms with Gasteiger partial charge in [-0.1, -0.05) is 18.0 Å². The van der Waals surface area contributed by atoms with Crippen LogP contribution in [0.4, 0.5) is 5.69 Å². The Kier molecular flexibility index (Phi) is 3.14. The third kappa shape index (κ3) is 2.22. The number of benzene rings is 1. The van der Waals surface area contributed by atoms with Crippen LogP contribution in [0.1, 0.15) is 42.5 Å². The van der Waals surface area contributed by atoms with Gasteiger partial charge in [0, 0.05) is 22.3 Å². The molecule has 4 rings (SSSR count). The molecule has 4 heteroatoms. The summed E-state index contributed by atoms with van der Waals surface area (Å²) in [5, 5.41) is 3.76. The molecule has 0 aliphatic heterocycles. The molecule has 1 aromatic carbocycles. The third-order valence-electron chi connectivity index (χ3n) is 5.93. The number of rotatable bonds is 2. The summed E-state index contributed by atoms with van der Waals surface area (Å²) >= 11 is 5.99. The van der Waals surface area contributed by atoms with Crippen LogP contribution >= 0.6 is 11.6 Å². The molecule has 5 atom stereocenters. The fourth-order valence-electron chi connectivity index (χ4n) is 5.23. The van der Waals surface area contributed by atoms with E-state index in [-0.39, 0.29) is 5.91 Å². The largest absolute Gasteiger partial charge is 0.399 e. The first-order chi connectivity index (χ1) is 10.1. The van der Waals surface area contributed by atoms with Crippen molar-refractivity contribution in [1.82, 2.24) is 5.32 Å². The minimum Gasteiger partial charge on any atom is -0.399 e. The summed E-state index contributed by atoms with van der Waals surface area (Å²) in [7, 11) is 0. The smallest absolute Gasteiger partial charge is 0.251 e. The van der Waals surface area contributed by atoms with Gasteiger partial charge in [0.2, 0.25) is 0 Å². The third-order valence-corrected chi connectivity index (χ3v) is 6.15. The summed E-state index contributed by atoms with van der Waals surface area (Å²) in [6, 6.07) is 5.41. The molecule has 3 fully saturated rings. The van der Waals surface area contributed by atoms with Gasteiger partial charge in [-0.3, -0.25) is 4.79 Å². The van der Waals surface area contributed by atoms with Gasteiger partial charge in [-0.15, -0.1) is 0 Å². The summed E-state index contributed by atoms with van der Waals surface area (Å²) in [5.74, 6) is 3.32. The lowest BCUT2D eigenvalue weighted by atomic mass is 9.79. The highest BCUT2D eigenvalue weighted by molar-refractivity contribution is 6.31. The average molecular weight is 305 g/mol. The van der Waals surface area contributed by atoms with E-state index in [9.17, 15) is 4.79 Å². The van der Waals surface area contributed by atoms with E-state index in [2.05, 4.69) is 5.32 Å². The zero-order chi connectivity index (χ0) is 14.6. The van der Waals surface area contributed by atoms with Crippen molar-refractivity contribution >= 4 is 23.2 Å². The standard InChI is InChI=1S/C17H21ClN2O/c18-11-4-10(5-12(19)8-11)17(21)20-16-7-9-6-15(16)14-3-1-2-13(9)14/h4-5,8-9,13-16H,1-3,6-7,19H2,(H,20,21). The van der Waals surface area contributed by atoms with Gasteiger partial charge < -0.3 is 11.1 Å². The predicted molar refractivity (Wildman–Crippen MR) is 84.2 cm³/mol. The van der Waals surface area contributed by atoms with E-state index >= 15 is 0 Å². The first kappa shape index (κ1) is 13.4. The fraction of sp³-hybridized carbons (Fsp3) is 0.588. The van der Waals surface area contributed by atoms with Crippen LogP contribution in [0.5, 0.6) is 0 Å². The van der Waals surface area contributed by atoms with Gasteiger partial charge >= 0.3 is 0 Å². The molecular weight excluding hydrogens is 284 g/mol. The molecule has 3 saturated carbocycles. The van der Waals surface area contributed by atoms with E-state index in [0.717, 1.165) is 24.2 Å². The van der Waals surface area contributed by atoms with Crippen molar-refractivity contribution in [2.75, 3.05) is 5.73 Å². The Bertz CT molecular complexity index is 568. The van der Waals surface area contributed by atoms with Crippen molar-refractivity contribution in [3.63, 3.8) is 0 Å². The second-order valence-corrected chi connectivity index (χ2v) is 7.44. The molecule has 1 amide bonds. The van der Waals surface area contributed by atoms with E-state index in [1.165, 1.54) is 25.7 Å². The minimum absolute atomic E-state index is 0.0312. The van der Waals surface area contributed by atoms with Crippen molar-refractivity contribution in [2.45, 2.75) is 38.1 Å². The fourth-order valence-corrected chi connectivity index (χ4v) is 5.47. The van der Waals surface area contributed by atoms with Gasteiger partial charge in [-0.2, -0.15) is 0 Å². The number of fused-ring (bicyclic) bond motifs is 5. The Labute approximate surface area is 130 Å². The van der Waals surface area contributed by atoms with Crippen LogP contribution < -0.4 is 11.1 Å². The number of carbonyl (C=O) groups is 1. The molecule has 3 aliphatic carbocycles. The molecule has 2 bridgehead atoms. The molecule has 112 valence electrons. The maximum absolute atomic E-state index is 12.4.